The molecule has 142 valence electrons. The van der Waals surface area contributed by atoms with Crippen molar-refractivity contribution < 1.29 is 9.84 Å². The molecule has 0 radical (unpaired) electrons. The Morgan fingerprint density at radius 1 is 1.18 bits per heavy atom. The van der Waals surface area contributed by atoms with Gasteiger partial charge in [-0.2, -0.15) is 0 Å². The van der Waals surface area contributed by atoms with E-state index in [0.29, 0.717) is 18.3 Å². The fourth-order valence-electron chi connectivity index (χ4n) is 4.17. The Morgan fingerprint density at radius 2 is 2.04 bits per heavy atom. The fraction of sp³-hybridized carbons (Fsp3) is 0.261. The van der Waals surface area contributed by atoms with Crippen molar-refractivity contribution in [2.24, 2.45) is 0 Å². The number of aromatic hydroxyl groups is 1. The van der Waals surface area contributed by atoms with E-state index >= 15 is 0 Å². The van der Waals surface area contributed by atoms with Gasteiger partial charge in [0.25, 0.3) is 0 Å². The number of phenols is 1. The highest BCUT2D eigenvalue weighted by atomic mass is 32.1. The smallest absolute Gasteiger partial charge is 0.120 e. The average Bonchev–Trinajstić information content (AvgIpc) is 3.36. The molecule has 5 rings (SSSR count). The summed E-state index contributed by atoms with van der Waals surface area (Å²) in [6.07, 6.45) is 2.25. The number of likely N-dealkylation sites (tertiary alicyclic amines) is 1. The molecule has 0 amide bonds. The molecule has 5 heteroatoms. The van der Waals surface area contributed by atoms with E-state index < -0.39 is 0 Å². The minimum atomic E-state index is 0.303. The molecule has 1 aliphatic heterocycles. The molecule has 1 fully saturated rings. The lowest BCUT2D eigenvalue weighted by Crippen LogP contribution is -2.22. The van der Waals surface area contributed by atoms with E-state index in [4.69, 9.17) is 9.72 Å². The van der Waals surface area contributed by atoms with Crippen LogP contribution in [0, 0.1) is 0 Å². The zero-order valence-electron chi connectivity index (χ0n) is 15.8. The average molecular weight is 391 g/mol. The normalized spacial score (nSPS) is 17.5. The van der Waals surface area contributed by atoms with Crippen LogP contribution in [0.15, 0.2) is 54.6 Å². The van der Waals surface area contributed by atoms with E-state index in [9.17, 15) is 5.11 Å². The van der Waals surface area contributed by atoms with Crippen LogP contribution in [0.4, 0.5) is 0 Å². The second-order valence-electron chi connectivity index (χ2n) is 7.30. The number of para-hydroxylation sites is 1. The Labute approximate surface area is 168 Å². The summed E-state index contributed by atoms with van der Waals surface area (Å²) < 4.78 is 6.65. The van der Waals surface area contributed by atoms with Gasteiger partial charge in [-0.25, -0.2) is 4.98 Å². The number of aromatic nitrogens is 1. The second kappa shape index (κ2) is 7.08. The van der Waals surface area contributed by atoms with E-state index in [2.05, 4.69) is 23.1 Å². The van der Waals surface area contributed by atoms with Crippen LogP contribution in [-0.4, -0.2) is 28.6 Å². The van der Waals surface area contributed by atoms with E-state index in [1.807, 2.05) is 30.3 Å². The monoisotopic (exact) mass is 390 g/mol. The number of nitrogens with zero attached hydrogens (tertiary/aromatic N) is 2. The third kappa shape index (κ3) is 3.01. The standard InChI is InChI=1S/C23H22N2O2S/c1-27-16-10-8-15-9-11-21(26)18(17(15)13-16)14-25-12-4-6-20(25)23-24-19-5-2-3-7-22(19)28-23/h2-3,5,7-11,13,20,26H,4,6,12,14H2,1H3. The van der Waals surface area contributed by atoms with E-state index in [1.54, 1.807) is 24.5 Å². The predicted octanol–water partition coefficient (Wildman–Crippen LogP) is 5.50. The first-order chi connectivity index (χ1) is 13.7. The van der Waals surface area contributed by atoms with Crippen molar-refractivity contribution in [3.05, 3.63) is 65.2 Å². The fourth-order valence-corrected chi connectivity index (χ4v) is 5.31. The predicted molar refractivity (Wildman–Crippen MR) is 114 cm³/mol. The zero-order valence-corrected chi connectivity index (χ0v) is 16.6. The van der Waals surface area contributed by atoms with Crippen molar-refractivity contribution in [3.8, 4) is 11.5 Å². The molecule has 1 aliphatic rings. The number of thiazole rings is 1. The molecule has 1 atom stereocenters. The Kier molecular flexibility index (Phi) is 4.41. The topological polar surface area (TPSA) is 45.6 Å². The lowest BCUT2D eigenvalue weighted by Gasteiger charge is -2.24. The molecule has 28 heavy (non-hydrogen) atoms. The van der Waals surface area contributed by atoms with E-state index in [-0.39, 0.29) is 0 Å². The molecule has 0 aliphatic carbocycles. The Hall–Kier alpha value is -2.63. The summed E-state index contributed by atoms with van der Waals surface area (Å²) in [4.78, 5) is 7.34. The Morgan fingerprint density at radius 3 is 2.89 bits per heavy atom. The van der Waals surface area contributed by atoms with Crippen molar-refractivity contribution in [1.29, 1.82) is 0 Å². The molecule has 1 unspecified atom stereocenters. The maximum absolute atomic E-state index is 10.6. The lowest BCUT2D eigenvalue weighted by molar-refractivity contribution is 0.246. The highest BCUT2D eigenvalue weighted by molar-refractivity contribution is 7.18. The summed E-state index contributed by atoms with van der Waals surface area (Å²) >= 11 is 1.79. The first kappa shape index (κ1) is 17.5. The molecular formula is C23H22N2O2S. The molecule has 3 aromatic carbocycles. The van der Waals surface area contributed by atoms with Gasteiger partial charge < -0.3 is 9.84 Å². The number of benzene rings is 3. The van der Waals surface area contributed by atoms with Crippen molar-refractivity contribution in [2.45, 2.75) is 25.4 Å². The summed E-state index contributed by atoms with van der Waals surface area (Å²) in [6, 6.07) is 18.4. The van der Waals surface area contributed by atoms with Gasteiger partial charge in [0, 0.05) is 12.1 Å². The number of rotatable bonds is 4. The molecule has 0 spiro atoms. The van der Waals surface area contributed by atoms with Gasteiger partial charge >= 0.3 is 0 Å². The van der Waals surface area contributed by atoms with E-state index in [0.717, 1.165) is 47.0 Å². The van der Waals surface area contributed by atoms with Gasteiger partial charge in [0.15, 0.2) is 0 Å². The number of ether oxygens (including phenoxy) is 1. The summed E-state index contributed by atoms with van der Waals surface area (Å²) in [5.41, 5.74) is 2.04. The van der Waals surface area contributed by atoms with Crippen molar-refractivity contribution in [3.63, 3.8) is 0 Å². The van der Waals surface area contributed by atoms with Gasteiger partial charge in [0.2, 0.25) is 0 Å². The molecule has 0 bridgehead atoms. The largest absolute Gasteiger partial charge is 0.508 e. The van der Waals surface area contributed by atoms with Gasteiger partial charge in [-0.1, -0.05) is 24.3 Å². The zero-order chi connectivity index (χ0) is 19.1. The minimum Gasteiger partial charge on any atom is -0.508 e. The quantitative estimate of drug-likeness (QED) is 0.500. The van der Waals surface area contributed by atoms with E-state index in [1.165, 1.54) is 9.71 Å². The number of phenolic OH excluding ortho intramolecular Hbond substituents is 1. The van der Waals surface area contributed by atoms with Gasteiger partial charge in [-0.05, 0) is 60.5 Å². The molecule has 1 N–H and O–H groups in total. The Bertz CT molecular complexity index is 1120. The SMILES string of the molecule is COc1ccc2ccc(O)c(CN3CCCC3c3nc4ccccc4s3)c2c1. The molecular weight excluding hydrogens is 368 g/mol. The third-order valence-electron chi connectivity index (χ3n) is 5.64. The van der Waals surface area contributed by atoms with Gasteiger partial charge in [-0.3, -0.25) is 4.90 Å². The second-order valence-corrected chi connectivity index (χ2v) is 8.36. The first-order valence-electron chi connectivity index (χ1n) is 9.61. The lowest BCUT2D eigenvalue weighted by atomic mass is 10.0. The van der Waals surface area contributed by atoms with Crippen LogP contribution in [0.3, 0.4) is 0 Å². The summed E-state index contributed by atoms with van der Waals surface area (Å²) in [7, 11) is 1.67. The number of hydrogen-bond acceptors (Lipinski definition) is 5. The highest BCUT2D eigenvalue weighted by Gasteiger charge is 2.29. The van der Waals surface area contributed by atoms with Crippen molar-refractivity contribution in [1.82, 2.24) is 9.88 Å². The van der Waals surface area contributed by atoms with Crippen LogP contribution < -0.4 is 4.74 Å². The molecule has 4 nitrogen and oxygen atoms in total. The molecule has 0 saturated carbocycles. The van der Waals surface area contributed by atoms with Gasteiger partial charge in [0.05, 0.1) is 23.4 Å². The summed E-state index contributed by atoms with van der Waals surface area (Å²) in [5.74, 6) is 1.15. The van der Waals surface area contributed by atoms with Crippen LogP contribution in [0.1, 0.15) is 29.5 Å². The molecule has 1 saturated heterocycles. The molecule has 1 aromatic heterocycles. The number of methoxy groups -OCH3 is 1. The van der Waals surface area contributed by atoms with Crippen LogP contribution in [-0.2, 0) is 6.54 Å². The maximum atomic E-state index is 10.6. The minimum absolute atomic E-state index is 0.303. The van der Waals surface area contributed by atoms with Gasteiger partial charge in [0.1, 0.15) is 16.5 Å². The number of fused-ring (bicyclic) bond motifs is 2. The summed E-state index contributed by atoms with van der Waals surface area (Å²) in [5, 5.41) is 14.0. The summed E-state index contributed by atoms with van der Waals surface area (Å²) in [6.45, 7) is 1.72. The van der Waals surface area contributed by atoms with Crippen LogP contribution in [0.2, 0.25) is 0 Å². The number of hydrogen-bond donors (Lipinski definition) is 1. The molecule has 2 heterocycles. The highest BCUT2D eigenvalue weighted by Crippen LogP contribution is 2.39. The van der Waals surface area contributed by atoms with Crippen molar-refractivity contribution in [2.75, 3.05) is 13.7 Å². The van der Waals surface area contributed by atoms with Crippen LogP contribution in [0.25, 0.3) is 21.0 Å². The Balaban J connectivity index is 1.52. The van der Waals surface area contributed by atoms with Crippen LogP contribution >= 0.6 is 11.3 Å². The van der Waals surface area contributed by atoms with Crippen molar-refractivity contribution >= 4 is 32.3 Å². The van der Waals surface area contributed by atoms with Gasteiger partial charge in [-0.15, -0.1) is 11.3 Å². The third-order valence-corrected chi connectivity index (χ3v) is 6.77. The van der Waals surface area contributed by atoms with Crippen LogP contribution in [0.5, 0.6) is 11.5 Å². The maximum Gasteiger partial charge on any atom is 0.120 e. The molecule has 4 aromatic rings. The first-order valence-corrected chi connectivity index (χ1v) is 10.4.